The van der Waals surface area contributed by atoms with Crippen molar-refractivity contribution in [2.75, 3.05) is 29.0 Å². The van der Waals surface area contributed by atoms with Crippen molar-refractivity contribution in [1.82, 2.24) is 25.3 Å². The molecule has 162 valence electrons. The average molecular weight is 424 g/mol. The summed E-state index contributed by atoms with van der Waals surface area (Å²) in [7, 11) is 0. The first-order valence-corrected chi connectivity index (χ1v) is 10.1. The van der Waals surface area contributed by atoms with E-state index in [9.17, 15) is 9.18 Å². The lowest BCUT2D eigenvalue weighted by molar-refractivity contribution is -0.119. The van der Waals surface area contributed by atoms with Gasteiger partial charge in [-0.2, -0.15) is 4.98 Å². The van der Waals surface area contributed by atoms with Gasteiger partial charge in [0.05, 0.1) is 11.6 Å². The largest absolute Gasteiger partial charge is 0.368 e. The van der Waals surface area contributed by atoms with Gasteiger partial charge in [-0.3, -0.25) is 4.79 Å². The molecule has 1 saturated heterocycles. The number of benzene rings is 1. The minimum absolute atomic E-state index is 0.0445. The monoisotopic (exact) mass is 424 g/mol. The summed E-state index contributed by atoms with van der Waals surface area (Å²) in [6.07, 6.45) is 2.16. The number of hydrogen-bond donors (Lipinski definition) is 3. The minimum atomic E-state index is -0.289. The van der Waals surface area contributed by atoms with Crippen LogP contribution in [-0.2, 0) is 4.79 Å². The molecule has 0 aliphatic carbocycles. The lowest BCUT2D eigenvalue weighted by Crippen LogP contribution is -2.36. The smallest absolute Gasteiger partial charge is 0.227 e. The molecule has 4 rings (SSSR count). The second-order valence-corrected chi connectivity index (χ2v) is 7.81. The summed E-state index contributed by atoms with van der Waals surface area (Å²) < 4.78 is 14.2. The van der Waals surface area contributed by atoms with E-state index < -0.39 is 0 Å². The third kappa shape index (κ3) is 4.32. The molecule has 0 bridgehead atoms. The minimum Gasteiger partial charge on any atom is -0.368 e. The number of carbonyl (C=O) groups excluding carboxylic acids is 1. The lowest BCUT2D eigenvalue weighted by atomic mass is 10.0. The number of aryl methyl sites for hydroxylation is 1. The van der Waals surface area contributed by atoms with E-state index in [0.717, 1.165) is 29.7 Å². The van der Waals surface area contributed by atoms with Gasteiger partial charge >= 0.3 is 0 Å². The van der Waals surface area contributed by atoms with Crippen molar-refractivity contribution in [3.8, 4) is 0 Å². The Kier molecular flexibility index (Phi) is 5.53. The number of halogens is 1. The second-order valence-electron chi connectivity index (χ2n) is 7.81. The maximum Gasteiger partial charge on any atom is 0.227 e. The van der Waals surface area contributed by atoms with Crippen LogP contribution in [0.15, 0.2) is 24.5 Å². The molecule has 31 heavy (non-hydrogen) atoms. The van der Waals surface area contributed by atoms with Gasteiger partial charge in [0.1, 0.15) is 18.0 Å². The number of amides is 1. The molecule has 2 atom stereocenters. The normalized spacial score (nSPS) is 17.0. The first-order valence-electron chi connectivity index (χ1n) is 10.1. The number of nitrogen functional groups attached to an aromatic ring is 1. The van der Waals surface area contributed by atoms with Crippen molar-refractivity contribution >= 4 is 34.5 Å². The van der Waals surface area contributed by atoms with Crippen LogP contribution in [0.5, 0.6) is 0 Å². The Labute approximate surface area is 179 Å². The van der Waals surface area contributed by atoms with Gasteiger partial charge in [0, 0.05) is 42.6 Å². The van der Waals surface area contributed by atoms with Crippen LogP contribution in [0.1, 0.15) is 37.4 Å². The van der Waals surface area contributed by atoms with Crippen LogP contribution in [0.2, 0.25) is 0 Å². The molecule has 9 nitrogen and oxygen atoms in total. The van der Waals surface area contributed by atoms with Crippen LogP contribution >= 0.6 is 0 Å². The number of nitrogens with two attached hydrogens (primary N) is 1. The summed E-state index contributed by atoms with van der Waals surface area (Å²) in [5.74, 6) is 0.891. The first kappa shape index (κ1) is 20.7. The molecule has 0 saturated carbocycles. The molecule has 0 spiro atoms. The van der Waals surface area contributed by atoms with E-state index in [-0.39, 0.29) is 29.8 Å². The predicted octanol–water partition coefficient (Wildman–Crippen LogP) is 2.34. The number of rotatable bonds is 5. The summed E-state index contributed by atoms with van der Waals surface area (Å²) in [5.41, 5.74) is 7.72. The number of nitrogens with one attached hydrogen (secondary N) is 2. The molecule has 10 heteroatoms. The summed E-state index contributed by atoms with van der Waals surface area (Å²) in [6, 6.07) is 5.03. The highest BCUT2D eigenvalue weighted by Crippen LogP contribution is 2.33. The van der Waals surface area contributed by atoms with E-state index in [0.29, 0.717) is 23.6 Å². The Hall–Kier alpha value is -3.56. The number of fused-ring (bicyclic) bond motifs is 1. The SMILES string of the molecule is CC(=O)N[C@@H]1CCN(c2nc3c(C)c(F)ccc3cc2[C@H](C)Nc2ncnc(N)n2)C1. The predicted molar refractivity (Wildman–Crippen MR) is 117 cm³/mol. The molecule has 3 aromatic rings. The first-order chi connectivity index (χ1) is 14.8. The van der Waals surface area contributed by atoms with Gasteiger partial charge < -0.3 is 21.3 Å². The Morgan fingerprint density at radius 3 is 2.87 bits per heavy atom. The van der Waals surface area contributed by atoms with E-state index in [1.807, 2.05) is 13.0 Å². The molecule has 4 N–H and O–H groups in total. The number of carbonyl (C=O) groups is 1. The zero-order valence-electron chi connectivity index (χ0n) is 17.7. The van der Waals surface area contributed by atoms with Crippen LogP contribution in [0, 0.1) is 12.7 Å². The van der Waals surface area contributed by atoms with Gasteiger partial charge in [0.2, 0.25) is 17.8 Å². The molecule has 1 amide bonds. The number of nitrogens with zero attached hydrogens (tertiary/aromatic N) is 5. The summed E-state index contributed by atoms with van der Waals surface area (Å²) in [6.45, 7) is 6.58. The highest BCUT2D eigenvalue weighted by atomic mass is 19.1. The molecule has 1 aliphatic rings. The molecule has 1 aliphatic heterocycles. The maximum atomic E-state index is 14.2. The fourth-order valence-electron chi connectivity index (χ4n) is 3.94. The van der Waals surface area contributed by atoms with E-state index in [1.54, 1.807) is 13.0 Å². The number of anilines is 3. The third-order valence-electron chi connectivity index (χ3n) is 5.48. The van der Waals surface area contributed by atoms with Crippen LogP contribution < -0.4 is 21.3 Å². The topological polar surface area (TPSA) is 122 Å². The standard InChI is InChI=1S/C21H25FN8O/c1-11-17(22)5-4-14-8-16(12(2)26-21-25-10-24-20(23)29-21)19(28-18(11)14)30-7-6-15(9-30)27-13(3)31/h4-5,8,10,12,15H,6-7,9H2,1-3H3,(H,27,31)(H3,23,24,25,26,29)/t12-,15+/m0/s1. The van der Waals surface area contributed by atoms with Crippen LogP contribution in [0.3, 0.4) is 0 Å². The third-order valence-corrected chi connectivity index (χ3v) is 5.48. The number of aromatic nitrogens is 4. The Bertz CT molecular complexity index is 1140. The summed E-state index contributed by atoms with van der Waals surface area (Å²) >= 11 is 0. The van der Waals surface area contributed by atoms with Gasteiger partial charge in [-0.05, 0) is 38.5 Å². The van der Waals surface area contributed by atoms with Crippen LogP contribution in [0.25, 0.3) is 10.9 Å². The van der Waals surface area contributed by atoms with Gasteiger partial charge in [0.15, 0.2) is 0 Å². The molecule has 2 aromatic heterocycles. The molecule has 1 fully saturated rings. The van der Waals surface area contributed by atoms with Crippen LogP contribution in [-0.4, -0.2) is 45.0 Å². The van der Waals surface area contributed by atoms with E-state index in [4.69, 9.17) is 10.7 Å². The number of pyridine rings is 1. The Balaban J connectivity index is 1.74. The molecule has 3 heterocycles. The van der Waals surface area contributed by atoms with Gasteiger partial charge in [0.25, 0.3) is 0 Å². The zero-order chi connectivity index (χ0) is 22.1. The van der Waals surface area contributed by atoms with Crippen molar-refractivity contribution in [3.05, 3.63) is 41.5 Å². The Morgan fingerprint density at radius 1 is 1.32 bits per heavy atom. The maximum absolute atomic E-state index is 14.2. The molecule has 0 unspecified atom stereocenters. The molecule has 0 radical (unpaired) electrons. The van der Waals surface area contributed by atoms with Crippen molar-refractivity contribution in [1.29, 1.82) is 0 Å². The fraction of sp³-hybridized carbons (Fsp3) is 0.381. The zero-order valence-corrected chi connectivity index (χ0v) is 17.7. The lowest BCUT2D eigenvalue weighted by Gasteiger charge is -2.25. The second kappa shape index (κ2) is 8.29. The number of hydrogen-bond acceptors (Lipinski definition) is 8. The molecular weight excluding hydrogens is 399 g/mol. The molecule has 1 aromatic carbocycles. The highest BCUT2D eigenvalue weighted by Gasteiger charge is 2.28. The average Bonchev–Trinajstić information content (AvgIpc) is 3.17. The van der Waals surface area contributed by atoms with Gasteiger partial charge in [-0.15, -0.1) is 0 Å². The van der Waals surface area contributed by atoms with E-state index in [1.165, 1.54) is 19.3 Å². The fourth-order valence-corrected chi connectivity index (χ4v) is 3.94. The quantitative estimate of drug-likeness (QED) is 0.571. The van der Waals surface area contributed by atoms with Crippen molar-refractivity contribution in [2.24, 2.45) is 0 Å². The van der Waals surface area contributed by atoms with Gasteiger partial charge in [-0.25, -0.2) is 19.3 Å². The van der Waals surface area contributed by atoms with Crippen molar-refractivity contribution < 1.29 is 9.18 Å². The summed E-state index contributed by atoms with van der Waals surface area (Å²) in [4.78, 5) is 30.5. The van der Waals surface area contributed by atoms with Crippen LogP contribution in [0.4, 0.5) is 22.1 Å². The molecular formula is C21H25FN8O. The van der Waals surface area contributed by atoms with Crippen molar-refractivity contribution in [2.45, 2.75) is 39.3 Å². The highest BCUT2D eigenvalue weighted by molar-refractivity contribution is 5.85. The summed E-state index contributed by atoms with van der Waals surface area (Å²) in [5, 5.41) is 7.06. The van der Waals surface area contributed by atoms with Gasteiger partial charge in [-0.1, -0.05) is 0 Å². The van der Waals surface area contributed by atoms with E-state index >= 15 is 0 Å². The van der Waals surface area contributed by atoms with Crippen molar-refractivity contribution in [3.63, 3.8) is 0 Å². The van der Waals surface area contributed by atoms with E-state index in [2.05, 4.69) is 30.5 Å². The Morgan fingerprint density at radius 2 is 2.13 bits per heavy atom.